The highest BCUT2D eigenvalue weighted by molar-refractivity contribution is 6.31. The van der Waals surface area contributed by atoms with Crippen LogP contribution in [-0.2, 0) is 11.3 Å². The van der Waals surface area contributed by atoms with Crippen LogP contribution in [0.15, 0.2) is 48.5 Å². The molecule has 0 unspecified atom stereocenters. The minimum atomic E-state index is -0.676. The summed E-state index contributed by atoms with van der Waals surface area (Å²) in [6.07, 6.45) is -0.190. The number of ether oxygens (including phenoxy) is 1. The highest BCUT2D eigenvalue weighted by atomic mass is 35.5. The molecule has 3 rings (SSSR count). The number of benzene rings is 2. The summed E-state index contributed by atoms with van der Waals surface area (Å²) in [5, 5.41) is 0.527. The second-order valence-corrected chi connectivity index (χ2v) is 5.74. The summed E-state index contributed by atoms with van der Waals surface area (Å²) in [6.45, 7) is 1.99. The van der Waals surface area contributed by atoms with Crippen molar-refractivity contribution in [3.8, 4) is 5.75 Å². The first kappa shape index (κ1) is 15.6. The van der Waals surface area contributed by atoms with E-state index in [2.05, 4.69) is 0 Å². The van der Waals surface area contributed by atoms with Crippen molar-refractivity contribution in [2.45, 2.75) is 26.0 Å². The van der Waals surface area contributed by atoms with Crippen molar-refractivity contribution < 1.29 is 14.3 Å². The van der Waals surface area contributed by atoms with Gasteiger partial charge in [0.05, 0.1) is 12.1 Å². The topological polar surface area (TPSA) is 46.6 Å². The summed E-state index contributed by atoms with van der Waals surface area (Å²) < 4.78 is 5.74. The van der Waals surface area contributed by atoms with Crippen molar-refractivity contribution >= 4 is 23.4 Å². The molecule has 0 aromatic heterocycles. The summed E-state index contributed by atoms with van der Waals surface area (Å²) in [6, 6.07) is 14.1. The number of nitrogens with zero attached hydrogens (tertiary/aromatic N) is 1. The number of fused-ring (bicyclic) bond motifs is 1. The van der Waals surface area contributed by atoms with Crippen LogP contribution in [0.3, 0.4) is 0 Å². The molecule has 2 amide bonds. The molecule has 0 saturated carbocycles. The number of hydrogen-bond acceptors (Lipinski definition) is 3. The highest BCUT2D eigenvalue weighted by Crippen LogP contribution is 2.28. The van der Waals surface area contributed by atoms with E-state index in [1.807, 2.05) is 25.1 Å². The predicted octanol–water partition coefficient (Wildman–Crippen LogP) is 3.68. The fraction of sp³-hybridized carbons (Fsp3) is 0.222. The molecule has 2 aromatic rings. The first-order valence-corrected chi connectivity index (χ1v) is 7.84. The van der Waals surface area contributed by atoms with E-state index in [1.54, 1.807) is 30.3 Å². The van der Waals surface area contributed by atoms with Crippen LogP contribution in [0.25, 0.3) is 0 Å². The zero-order valence-electron chi connectivity index (χ0n) is 12.7. The number of hydrogen-bond donors (Lipinski definition) is 0. The molecule has 4 nitrogen and oxygen atoms in total. The van der Waals surface area contributed by atoms with Gasteiger partial charge in [0.15, 0.2) is 6.10 Å². The van der Waals surface area contributed by atoms with Gasteiger partial charge in [-0.1, -0.05) is 48.9 Å². The number of imide groups is 1. The van der Waals surface area contributed by atoms with Crippen molar-refractivity contribution in [3.05, 3.63) is 64.7 Å². The van der Waals surface area contributed by atoms with E-state index in [0.717, 1.165) is 5.56 Å². The zero-order valence-corrected chi connectivity index (χ0v) is 13.4. The summed E-state index contributed by atoms with van der Waals surface area (Å²) in [7, 11) is 0. The quantitative estimate of drug-likeness (QED) is 0.807. The molecule has 2 aromatic carbocycles. The number of halogens is 1. The molecule has 0 N–H and O–H groups in total. The number of carbonyl (C=O) groups excluding carboxylic acids is 2. The Bertz CT molecular complexity index is 759. The Balaban J connectivity index is 2.02. The lowest BCUT2D eigenvalue weighted by Gasteiger charge is -2.22. The van der Waals surface area contributed by atoms with Gasteiger partial charge in [-0.25, -0.2) is 0 Å². The maximum atomic E-state index is 12.8. The van der Waals surface area contributed by atoms with Gasteiger partial charge in [0.25, 0.3) is 11.8 Å². The fourth-order valence-electron chi connectivity index (χ4n) is 2.57. The second-order valence-electron chi connectivity index (χ2n) is 5.33. The number of amides is 2. The standard InChI is InChI=1S/C18H16ClNO3/c1-2-15-18(22)20(11-12-7-3-5-9-14(12)19)17(21)13-8-4-6-10-16(13)23-15/h3-10,15H,2,11H2,1H3/t15-/m0/s1. The molecule has 1 aliphatic heterocycles. The van der Waals surface area contributed by atoms with Crippen molar-refractivity contribution in [2.75, 3.05) is 0 Å². The maximum absolute atomic E-state index is 12.8. The summed E-state index contributed by atoms with van der Waals surface area (Å²) >= 11 is 6.17. The first-order valence-electron chi connectivity index (χ1n) is 7.46. The number of carbonyl (C=O) groups is 2. The Labute approximate surface area is 139 Å². The van der Waals surface area contributed by atoms with E-state index < -0.39 is 6.10 Å². The summed E-state index contributed by atoms with van der Waals surface area (Å²) in [5.41, 5.74) is 1.12. The Morgan fingerprint density at radius 1 is 1.09 bits per heavy atom. The average molecular weight is 330 g/mol. The van der Waals surface area contributed by atoms with Crippen molar-refractivity contribution in [1.82, 2.24) is 4.90 Å². The number of rotatable bonds is 3. The summed E-state index contributed by atoms with van der Waals surface area (Å²) in [4.78, 5) is 26.7. The molecule has 1 aliphatic rings. The molecule has 0 aliphatic carbocycles. The van der Waals surface area contributed by atoms with Crippen LogP contribution >= 0.6 is 11.6 Å². The van der Waals surface area contributed by atoms with E-state index in [-0.39, 0.29) is 18.4 Å². The van der Waals surface area contributed by atoms with Crippen LogP contribution in [0.4, 0.5) is 0 Å². The van der Waals surface area contributed by atoms with Gasteiger partial charge >= 0.3 is 0 Å². The van der Waals surface area contributed by atoms with E-state index >= 15 is 0 Å². The van der Waals surface area contributed by atoms with Crippen LogP contribution in [-0.4, -0.2) is 22.8 Å². The molecule has 0 radical (unpaired) electrons. The highest BCUT2D eigenvalue weighted by Gasteiger charge is 2.35. The molecule has 0 fully saturated rings. The molecule has 0 saturated heterocycles. The predicted molar refractivity (Wildman–Crippen MR) is 87.5 cm³/mol. The van der Waals surface area contributed by atoms with Gasteiger partial charge in [-0.3, -0.25) is 14.5 Å². The third-order valence-electron chi connectivity index (χ3n) is 3.83. The largest absolute Gasteiger partial charge is 0.480 e. The van der Waals surface area contributed by atoms with Gasteiger partial charge in [-0.15, -0.1) is 0 Å². The second kappa shape index (κ2) is 6.42. The molecule has 23 heavy (non-hydrogen) atoms. The molecule has 1 heterocycles. The SMILES string of the molecule is CC[C@@H]1Oc2ccccc2C(=O)N(Cc2ccccc2Cl)C1=O. The lowest BCUT2D eigenvalue weighted by atomic mass is 10.1. The third-order valence-corrected chi connectivity index (χ3v) is 4.20. The monoisotopic (exact) mass is 329 g/mol. The van der Waals surface area contributed by atoms with Crippen LogP contribution in [0.2, 0.25) is 5.02 Å². The summed E-state index contributed by atoms with van der Waals surface area (Å²) in [5.74, 6) is -0.255. The lowest BCUT2D eigenvalue weighted by molar-refractivity contribution is -0.136. The lowest BCUT2D eigenvalue weighted by Crippen LogP contribution is -2.42. The van der Waals surface area contributed by atoms with Crippen LogP contribution in [0.5, 0.6) is 5.75 Å². The van der Waals surface area contributed by atoms with Gasteiger partial charge in [0.2, 0.25) is 0 Å². The smallest absolute Gasteiger partial charge is 0.270 e. The normalized spacial score (nSPS) is 17.5. The Morgan fingerprint density at radius 3 is 2.52 bits per heavy atom. The van der Waals surface area contributed by atoms with E-state index in [1.165, 1.54) is 4.90 Å². The molecule has 5 heteroatoms. The number of para-hydroxylation sites is 1. The van der Waals surface area contributed by atoms with Gasteiger partial charge in [0.1, 0.15) is 5.75 Å². The zero-order chi connectivity index (χ0) is 16.4. The van der Waals surface area contributed by atoms with Crippen molar-refractivity contribution in [1.29, 1.82) is 0 Å². The minimum absolute atomic E-state index is 0.130. The van der Waals surface area contributed by atoms with Crippen LogP contribution in [0.1, 0.15) is 29.3 Å². The van der Waals surface area contributed by atoms with Gasteiger partial charge in [0, 0.05) is 5.02 Å². The molecule has 1 atom stereocenters. The Morgan fingerprint density at radius 2 is 1.78 bits per heavy atom. The first-order chi connectivity index (χ1) is 11.1. The molecular formula is C18H16ClNO3. The van der Waals surface area contributed by atoms with Crippen molar-refractivity contribution in [3.63, 3.8) is 0 Å². The van der Waals surface area contributed by atoms with E-state index in [4.69, 9.17) is 16.3 Å². The molecule has 0 spiro atoms. The average Bonchev–Trinajstić information content (AvgIpc) is 2.67. The maximum Gasteiger partial charge on any atom is 0.270 e. The van der Waals surface area contributed by atoms with Crippen molar-refractivity contribution in [2.24, 2.45) is 0 Å². The Kier molecular flexibility index (Phi) is 4.35. The molecular weight excluding hydrogens is 314 g/mol. The van der Waals surface area contributed by atoms with E-state index in [0.29, 0.717) is 22.8 Å². The third kappa shape index (κ3) is 2.94. The molecule has 118 valence electrons. The van der Waals surface area contributed by atoms with Crippen LogP contribution in [0, 0.1) is 0 Å². The molecule has 0 bridgehead atoms. The van der Waals surface area contributed by atoms with Gasteiger partial charge in [-0.05, 0) is 30.2 Å². The van der Waals surface area contributed by atoms with Gasteiger partial charge in [-0.2, -0.15) is 0 Å². The van der Waals surface area contributed by atoms with Gasteiger partial charge < -0.3 is 4.74 Å². The minimum Gasteiger partial charge on any atom is -0.480 e. The van der Waals surface area contributed by atoms with E-state index in [9.17, 15) is 9.59 Å². The Hall–Kier alpha value is -2.33. The van der Waals surface area contributed by atoms with Crippen LogP contribution < -0.4 is 4.74 Å². The fourth-order valence-corrected chi connectivity index (χ4v) is 2.77.